The van der Waals surface area contributed by atoms with Crippen LogP contribution in [0, 0.1) is 5.82 Å². The van der Waals surface area contributed by atoms with E-state index in [1.807, 2.05) is 19.1 Å². The molecule has 1 N–H and O–H groups in total. The van der Waals surface area contributed by atoms with E-state index >= 15 is 0 Å². The average Bonchev–Trinajstić information content (AvgIpc) is 2.77. The molecule has 19 heavy (non-hydrogen) atoms. The summed E-state index contributed by atoms with van der Waals surface area (Å²) in [6, 6.07) is 3.75. The third-order valence-corrected chi connectivity index (χ3v) is 3.66. The second-order valence-electron chi connectivity index (χ2n) is 3.96. The van der Waals surface area contributed by atoms with Gasteiger partial charge >= 0.3 is 0 Å². The van der Waals surface area contributed by atoms with Crippen molar-refractivity contribution >= 4 is 34.7 Å². The van der Waals surface area contributed by atoms with Gasteiger partial charge in [-0.15, -0.1) is 11.3 Å². The van der Waals surface area contributed by atoms with Crippen LogP contribution in [0.2, 0.25) is 4.34 Å². The quantitative estimate of drug-likeness (QED) is 0.919. The first-order valence-corrected chi connectivity index (χ1v) is 7.01. The Bertz CT molecular complexity index is 560. The molecule has 0 aliphatic carbocycles. The van der Waals surface area contributed by atoms with Crippen LogP contribution in [0.3, 0.4) is 0 Å². The monoisotopic (exact) mass is 300 g/mol. The second kappa shape index (κ2) is 6.16. The molecule has 0 aromatic carbocycles. The zero-order valence-electron chi connectivity index (χ0n) is 10.7. The van der Waals surface area contributed by atoms with Gasteiger partial charge in [-0.2, -0.15) is 4.98 Å². The number of nitrogens with zero attached hydrogens (tertiary/aromatic N) is 3. The number of anilines is 2. The van der Waals surface area contributed by atoms with Crippen molar-refractivity contribution in [2.45, 2.75) is 13.5 Å². The Morgan fingerprint density at radius 2 is 2.26 bits per heavy atom. The molecular weight excluding hydrogens is 287 g/mol. The summed E-state index contributed by atoms with van der Waals surface area (Å²) < 4.78 is 14.5. The highest BCUT2D eigenvalue weighted by molar-refractivity contribution is 7.16. The molecule has 102 valence electrons. The van der Waals surface area contributed by atoms with Gasteiger partial charge in [-0.3, -0.25) is 0 Å². The number of hydrogen-bond donors (Lipinski definition) is 1. The maximum Gasteiger partial charge on any atom is 0.224 e. The lowest BCUT2D eigenvalue weighted by Crippen LogP contribution is -2.19. The van der Waals surface area contributed by atoms with Gasteiger partial charge in [-0.05, 0) is 19.1 Å². The highest BCUT2D eigenvalue weighted by Crippen LogP contribution is 2.24. The van der Waals surface area contributed by atoms with Crippen LogP contribution in [0.1, 0.15) is 11.8 Å². The third-order valence-electron chi connectivity index (χ3n) is 2.44. The highest BCUT2D eigenvalue weighted by Gasteiger charge is 2.12. The predicted octanol–water partition coefficient (Wildman–Crippen LogP) is 3.40. The van der Waals surface area contributed by atoms with Crippen molar-refractivity contribution in [1.82, 2.24) is 9.97 Å². The number of halogens is 2. The van der Waals surface area contributed by atoms with Crippen LogP contribution in [0.5, 0.6) is 0 Å². The predicted molar refractivity (Wildman–Crippen MR) is 77.6 cm³/mol. The lowest BCUT2D eigenvalue weighted by molar-refractivity contribution is 0.608. The van der Waals surface area contributed by atoms with Gasteiger partial charge in [-0.1, -0.05) is 11.6 Å². The van der Waals surface area contributed by atoms with Crippen molar-refractivity contribution in [2.24, 2.45) is 0 Å². The van der Waals surface area contributed by atoms with E-state index in [2.05, 4.69) is 15.3 Å². The molecule has 0 spiro atoms. The van der Waals surface area contributed by atoms with Crippen LogP contribution in [0.4, 0.5) is 16.2 Å². The highest BCUT2D eigenvalue weighted by atomic mass is 35.5. The van der Waals surface area contributed by atoms with Crippen molar-refractivity contribution in [3.63, 3.8) is 0 Å². The minimum atomic E-state index is -0.438. The first-order valence-electron chi connectivity index (χ1n) is 5.82. The molecule has 0 amide bonds. The van der Waals surface area contributed by atoms with Crippen molar-refractivity contribution in [3.8, 4) is 0 Å². The molecule has 0 aliphatic rings. The molecule has 0 saturated carbocycles. The molecule has 0 saturated heterocycles. The van der Waals surface area contributed by atoms with E-state index in [1.54, 1.807) is 11.9 Å². The minimum absolute atomic E-state index is 0.274. The summed E-state index contributed by atoms with van der Waals surface area (Å²) in [5.74, 6) is 0.261. The van der Waals surface area contributed by atoms with Crippen molar-refractivity contribution in [3.05, 3.63) is 33.4 Å². The average molecular weight is 301 g/mol. The third kappa shape index (κ3) is 3.54. The standard InChI is InChI=1S/C12H14ClFN4S/c1-3-15-12-16-6-9(14)11(17-12)18(2)7-8-4-5-10(13)19-8/h4-6H,3,7H2,1-2H3,(H,15,16,17). The molecule has 2 aromatic rings. The van der Waals surface area contributed by atoms with Gasteiger partial charge < -0.3 is 10.2 Å². The molecule has 0 unspecified atom stereocenters. The van der Waals surface area contributed by atoms with Crippen LogP contribution < -0.4 is 10.2 Å². The van der Waals surface area contributed by atoms with Gasteiger partial charge in [0.15, 0.2) is 11.6 Å². The summed E-state index contributed by atoms with van der Waals surface area (Å²) >= 11 is 7.35. The number of hydrogen-bond acceptors (Lipinski definition) is 5. The Morgan fingerprint density at radius 1 is 1.47 bits per heavy atom. The van der Waals surface area contributed by atoms with Gasteiger partial charge in [-0.25, -0.2) is 9.37 Å². The molecule has 2 aromatic heterocycles. The van der Waals surface area contributed by atoms with Crippen LogP contribution in [-0.2, 0) is 6.54 Å². The molecule has 4 nitrogen and oxygen atoms in total. The Morgan fingerprint density at radius 3 is 2.89 bits per heavy atom. The van der Waals surface area contributed by atoms with E-state index in [-0.39, 0.29) is 5.82 Å². The number of thiophene rings is 1. The van der Waals surface area contributed by atoms with E-state index in [0.29, 0.717) is 19.0 Å². The first-order chi connectivity index (χ1) is 9.10. The number of rotatable bonds is 5. The SMILES string of the molecule is CCNc1ncc(F)c(N(C)Cc2ccc(Cl)s2)n1. The second-order valence-corrected chi connectivity index (χ2v) is 5.76. The molecule has 0 atom stereocenters. The smallest absolute Gasteiger partial charge is 0.224 e. The van der Waals surface area contributed by atoms with Crippen molar-refractivity contribution in [2.75, 3.05) is 23.8 Å². The summed E-state index contributed by atoms with van der Waals surface area (Å²) in [6.45, 7) is 3.18. The summed E-state index contributed by atoms with van der Waals surface area (Å²) in [5, 5.41) is 2.96. The Labute approximate surface area is 120 Å². The van der Waals surface area contributed by atoms with E-state index in [4.69, 9.17) is 11.6 Å². The summed E-state index contributed by atoms with van der Waals surface area (Å²) in [7, 11) is 1.79. The van der Waals surface area contributed by atoms with Crippen LogP contribution in [0.25, 0.3) is 0 Å². The van der Waals surface area contributed by atoms with Crippen molar-refractivity contribution in [1.29, 1.82) is 0 Å². The van der Waals surface area contributed by atoms with E-state index in [9.17, 15) is 4.39 Å². The lowest BCUT2D eigenvalue weighted by atomic mass is 10.4. The van der Waals surface area contributed by atoms with Crippen LogP contribution in [0.15, 0.2) is 18.3 Å². The van der Waals surface area contributed by atoms with Gasteiger partial charge in [0.1, 0.15) is 0 Å². The van der Waals surface area contributed by atoms with Gasteiger partial charge in [0, 0.05) is 18.5 Å². The lowest BCUT2D eigenvalue weighted by Gasteiger charge is -2.18. The maximum atomic E-state index is 13.8. The van der Waals surface area contributed by atoms with E-state index in [0.717, 1.165) is 9.21 Å². The zero-order valence-corrected chi connectivity index (χ0v) is 12.2. The minimum Gasteiger partial charge on any atom is -0.354 e. The van der Waals surface area contributed by atoms with Gasteiger partial charge in [0.25, 0.3) is 0 Å². The normalized spacial score (nSPS) is 10.5. The largest absolute Gasteiger partial charge is 0.354 e. The maximum absolute atomic E-state index is 13.8. The summed E-state index contributed by atoms with van der Waals surface area (Å²) in [5.41, 5.74) is 0. The fourth-order valence-electron chi connectivity index (χ4n) is 1.61. The van der Waals surface area contributed by atoms with E-state index < -0.39 is 5.82 Å². The van der Waals surface area contributed by atoms with Crippen LogP contribution >= 0.6 is 22.9 Å². The zero-order chi connectivity index (χ0) is 13.8. The molecule has 0 fully saturated rings. The number of nitrogens with one attached hydrogen (secondary N) is 1. The topological polar surface area (TPSA) is 41.1 Å². The van der Waals surface area contributed by atoms with Gasteiger partial charge in [0.2, 0.25) is 5.95 Å². The Kier molecular flexibility index (Phi) is 4.55. The molecule has 0 aliphatic heterocycles. The molecule has 0 bridgehead atoms. The molecule has 7 heteroatoms. The van der Waals surface area contributed by atoms with E-state index in [1.165, 1.54) is 17.5 Å². The fourth-order valence-corrected chi connectivity index (χ4v) is 2.76. The van der Waals surface area contributed by atoms with Crippen LogP contribution in [-0.4, -0.2) is 23.6 Å². The first kappa shape index (κ1) is 14.0. The Hall–Kier alpha value is -1.40. The fraction of sp³-hybridized carbons (Fsp3) is 0.333. The van der Waals surface area contributed by atoms with Crippen molar-refractivity contribution < 1.29 is 4.39 Å². The number of aromatic nitrogens is 2. The summed E-state index contributed by atoms with van der Waals surface area (Å²) in [4.78, 5) is 10.8. The molecule has 2 heterocycles. The molecule has 0 radical (unpaired) electrons. The van der Waals surface area contributed by atoms with Gasteiger partial charge in [0.05, 0.1) is 17.1 Å². The summed E-state index contributed by atoms with van der Waals surface area (Å²) in [6.07, 6.45) is 1.18. The molecular formula is C12H14ClFN4S. The molecule has 2 rings (SSSR count). The Balaban J connectivity index is 2.17.